The molecule has 0 bridgehead atoms. The molecule has 0 unspecified atom stereocenters. The van der Waals surface area contributed by atoms with E-state index in [2.05, 4.69) is 10.4 Å². The first-order valence-corrected chi connectivity index (χ1v) is 6.65. The van der Waals surface area contributed by atoms with Gasteiger partial charge in [0, 0.05) is 11.5 Å². The van der Waals surface area contributed by atoms with Crippen LogP contribution >= 0.6 is 11.6 Å². The Balaban J connectivity index is 2.56. The molecule has 1 heterocycles. The minimum Gasteiger partial charge on any atom is -0.506 e. The molecule has 0 aliphatic rings. The minimum atomic E-state index is -1.18. The zero-order valence-electron chi connectivity index (χ0n) is 11.9. The van der Waals surface area contributed by atoms with Gasteiger partial charge in [0.25, 0.3) is 0 Å². The van der Waals surface area contributed by atoms with Crippen molar-refractivity contribution in [1.29, 1.82) is 0 Å². The number of hydrogen-bond donors (Lipinski definition) is 3. The number of benzene rings is 1. The lowest BCUT2D eigenvalue weighted by Gasteiger charge is -2.14. The molecular formula is C14H16ClN3O3. The van der Waals surface area contributed by atoms with Gasteiger partial charge in [0.05, 0.1) is 16.4 Å². The van der Waals surface area contributed by atoms with E-state index in [4.69, 9.17) is 16.7 Å². The molecule has 1 amide bonds. The monoisotopic (exact) mass is 309 g/mol. The van der Waals surface area contributed by atoms with Gasteiger partial charge in [0.15, 0.2) is 0 Å². The zero-order chi connectivity index (χ0) is 15.8. The molecule has 0 aliphatic heterocycles. The Bertz CT molecular complexity index is 689. The van der Waals surface area contributed by atoms with Crippen molar-refractivity contribution in [2.24, 2.45) is 0 Å². The van der Waals surface area contributed by atoms with Gasteiger partial charge in [-0.05, 0) is 18.2 Å². The average Bonchev–Trinajstić information content (AvgIpc) is 2.75. The molecule has 0 fully saturated rings. The second-order valence-electron chi connectivity index (χ2n) is 5.64. The van der Waals surface area contributed by atoms with Crippen molar-refractivity contribution >= 4 is 23.5 Å². The Labute approximate surface area is 127 Å². The first-order valence-electron chi connectivity index (χ1n) is 6.28. The van der Waals surface area contributed by atoms with Gasteiger partial charge in [0.1, 0.15) is 11.6 Å². The summed E-state index contributed by atoms with van der Waals surface area (Å²) in [5.41, 5.74) is 1.05. The maximum Gasteiger partial charge on any atom is 0.410 e. The topological polar surface area (TPSA) is 87.4 Å². The molecule has 0 aliphatic carbocycles. The number of nitrogens with one attached hydrogen (secondary N) is 1. The number of hydrogen-bond acceptors (Lipinski definition) is 3. The van der Waals surface area contributed by atoms with Crippen molar-refractivity contribution in [3.8, 4) is 11.4 Å². The number of rotatable bonds is 2. The number of aromatic hydroxyl groups is 1. The largest absolute Gasteiger partial charge is 0.506 e. The summed E-state index contributed by atoms with van der Waals surface area (Å²) in [7, 11) is 0. The number of amides is 1. The third kappa shape index (κ3) is 3.28. The van der Waals surface area contributed by atoms with E-state index in [1.807, 2.05) is 20.8 Å². The number of halogens is 1. The first-order chi connectivity index (χ1) is 9.68. The fraction of sp³-hybridized carbons (Fsp3) is 0.286. The summed E-state index contributed by atoms with van der Waals surface area (Å²) >= 11 is 5.89. The lowest BCUT2D eigenvalue weighted by molar-refractivity contribution is 0.209. The molecule has 0 atom stereocenters. The van der Waals surface area contributed by atoms with Crippen molar-refractivity contribution < 1.29 is 15.0 Å². The number of carbonyl (C=O) groups is 1. The highest BCUT2D eigenvalue weighted by atomic mass is 35.5. The molecule has 0 saturated heterocycles. The molecule has 112 valence electrons. The van der Waals surface area contributed by atoms with Crippen molar-refractivity contribution in [3.05, 3.63) is 35.0 Å². The van der Waals surface area contributed by atoms with E-state index in [0.29, 0.717) is 11.5 Å². The number of carboxylic acid groups (broad SMARTS) is 1. The fourth-order valence-corrected chi connectivity index (χ4v) is 1.95. The highest BCUT2D eigenvalue weighted by Crippen LogP contribution is 2.29. The molecule has 0 spiro atoms. The molecule has 0 saturated carbocycles. The Morgan fingerprint density at radius 3 is 2.52 bits per heavy atom. The number of phenolic OH excluding ortho intramolecular Hbond substituents is 1. The highest BCUT2D eigenvalue weighted by Gasteiger charge is 2.21. The molecule has 2 rings (SSSR count). The fourth-order valence-electron chi connectivity index (χ4n) is 1.77. The standard InChI is InChI=1S/C14H16ClN3O3/c1-14(2,3)11-7-12(16-13(20)21)18(17-11)8-4-5-10(19)9(15)6-8/h4-7,16,19H,1-3H3,(H,20,21). The number of nitrogens with zero attached hydrogens (tertiary/aromatic N) is 2. The highest BCUT2D eigenvalue weighted by molar-refractivity contribution is 6.32. The van der Waals surface area contributed by atoms with E-state index in [1.54, 1.807) is 12.1 Å². The molecule has 21 heavy (non-hydrogen) atoms. The molecule has 1 aromatic heterocycles. The summed E-state index contributed by atoms with van der Waals surface area (Å²) in [6.45, 7) is 5.94. The van der Waals surface area contributed by atoms with Crippen LogP contribution in [0, 0.1) is 0 Å². The molecule has 0 radical (unpaired) electrons. The lowest BCUT2D eigenvalue weighted by atomic mass is 9.92. The Hall–Kier alpha value is -2.21. The van der Waals surface area contributed by atoms with Crippen LogP contribution in [0.4, 0.5) is 10.6 Å². The van der Waals surface area contributed by atoms with Crippen LogP contribution in [0.3, 0.4) is 0 Å². The van der Waals surface area contributed by atoms with E-state index in [1.165, 1.54) is 16.8 Å². The van der Waals surface area contributed by atoms with Crippen LogP contribution in [0.5, 0.6) is 5.75 Å². The van der Waals surface area contributed by atoms with Crippen LogP contribution in [-0.4, -0.2) is 26.1 Å². The predicted molar refractivity (Wildman–Crippen MR) is 80.6 cm³/mol. The second-order valence-corrected chi connectivity index (χ2v) is 6.05. The van der Waals surface area contributed by atoms with Gasteiger partial charge in [-0.15, -0.1) is 0 Å². The third-order valence-corrected chi connectivity index (χ3v) is 3.19. The van der Waals surface area contributed by atoms with Crippen LogP contribution < -0.4 is 5.32 Å². The summed E-state index contributed by atoms with van der Waals surface area (Å²) in [5, 5.41) is 25.3. The van der Waals surface area contributed by atoms with E-state index < -0.39 is 6.09 Å². The molecule has 3 N–H and O–H groups in total. The van der Waals surface area contributed by atoms with Crippen molar-refractivity contribution in [2.75, 3.05) is 5.32 Å². The maximum atomic E-state index is 10.9. The summed E-state index contributed by atoms with van der Waals surface area (Å²) in [6, 6.07) is 6.23. The van der Waals surface area contributed by atoms with Gasteiger partial charge >= 0.3 is 6.09 Å². The summed E-state index contributed by atoms with van der Waals surface area (Å²) in [6.07, 6.45) is -1.18. The van der Waals surface area contributed by atoms with Crippen LogP contribution in [0.15, 0.2) is 24.3 Å². The number of anilines is 1. The number of aromatic nitrogens is 2. The number of phenols is 1. The molecule has 2 aromatic rings. The van der Waals surface area contributed by atoms with Gasteiger partial charge in [0.2, 0.25) is 0 Å². The van der Waals surface area contributed by atoms with Crippen LogP contribution in [0.25, 0.3) is 5.69 Å². The normalized spacial score (nSPS) is 11.4. The van der Waals surface area contributed by atoms with Gasteiger partial charge in [-0.25, -0.2) is 9.48 Å². The minimum absolute atomic E-state index is 0.0450. The average molecular weight is 310 g/mol. The Morgan fingerprint density at radius 1 is 1.33 bits per heavy atom. The Morgan fingerprint density at radius 2 is 2.00 bits per heavy atom. The Kier molecular flexibility index (Phi) is 3.82. The molecule has 7 heteroatoms. The van der Waals surface area contributed by atoms with E-state index in [-0.39, 0.29) is 16.2 Å². The predicted octanol–water partition coefficient (Wildman–Crippen LogP) is 3.62. The maximum absolute atomic E-state index is 10.9. The zero-order valence-corrected chi connectivity index (χ0v) is 12.6. The van der Waals surface area contributed by atoms with Crippen LogP contribution in [-0.2, 0) is 5.41 Å². The van der Waals surface area contributed by atoms with E-state index in [9.17, 15) is 9.90 Å². The van der Waals surface area contributed by atoms with Gasteiger partial charge < -0.3 is 10.2 Å². The molecule has 6 nitrogen and oxygen atoms in total. The van der Waals surface area contributed by atoms with Crippen molar-refractivity contribution in [2.45, 2.75) is 26.2 Å². The first kappa shape index (κ1) is 15.2. The summed E-state index contributed by atoms with van der Waals surface area (Å²) in [5.74, 6) is 0.269. The van der Waals surface area contributed by atoms with E-state index in [0.717, 1.165) is 5.69 Å². The lowest BCUT2D eigenvalue weighted by Crippen LogP contribution is -2.13. The van der Waals surface area contributed by atoms with Crippen LogP contribution in [0.1, 0.15) is 26.5 Å². The summed E-state index contributed by atoms with van der Waals surface area (Å²) in [4.78, 5) is 10.9. The van der Waals surface area contributed by atoms with Gasteiger partial charge in [-0.2, -0.15) is 5.10 Å². The second kappa shape index (κ2) is 5.29. The van der Waals surface area contributed by atoms with Gasteiger partial charge in [-0.3, -0.25) is 5.32 Å². The van der Waals surface area contributed by atoms with Crippen molar-refractivity contribution in [1.82, 2.24) is 9.78 Å². The SMILES string of the molecule is CC(C)(C)c1cc(NC(=O)O)n(-c2ccc(O)c(Cl)c2)n1. The summed E-state index contributed by atoms with van der Waals surface area (Å²) < 4.78 is 1.44. The van der Waals surface area contributed by atoms with Crippen molar-refractivity contribution in [3.63, 3.8) is 0 Å². The third-order valence-electron chi connectivity index (χ3n) is 2.89. The van der Waals surface area contributed by atoms with E-state index >= 15 is 0 Å². The smallest absolute Gasteiger partial charge is 0.410 e. The molecule has 1 aromatic carbocycles. The van der Waals surface area contributed by atoms with Gasteiger partial charge in [-0.1, -0.05) is 32.4 Å². The van der Waals surface area contributed by atoms with Crippen LogP contribution in [0.2, 0.25) is 5.02 Å². The quantitative estimate of drug-likeness (QED) is 0.790. The molecular weight excluding hydrogens is 294 g/mol.